The molecular formula is C16H13ClF3NO2. The van der Waals surface area contributed by atoms with Gasteiger partial charge in [-0.25, -0.2) is 4.39 Å². The lowest BCUT2D eigenvalue weighted by Gasteiger charge is -2.15. The molecular weight excluding hydrogens is 331 g/mol. The third kappa shape index (κ3) is 4.63. The summed E-state index contributed by atoms with van der Waals surface area (Å²) in [6.07, 6.45) is 0. The molecule has 0 saturated heterocycles. The van der Waals surface area contributed by atoms with Crippen LogP contribution < -0.4 is 10.1 Å². The Kier molecular flexibility index (Phi) is 5.50. The molecule has 122 valence electrons. The Morgan fingerprint density at radius 1 is 1.17 bits per heavy atom. The molecule has 3 nitrogen and oxygen atoms in total. The minimum Gasteiger partial charge on any atom is -0.435 e. The van der Waals surface area contributed by atoms with Crippen LogP contribution in [0.3, 0.4) is 0 Å². The maximum Gasteiger partial charge on any atom is 0.387 e. The number of hydrogen-bond donors (Lipinski definition) is 1. The second-order valence-electron chi connectivity index (χ2n) is 4.77. The maximum atomic E-state index is 13.7. The molecule has 0 saturated carbocycles. The van der Waals surface area contributed by atoms with Gasteiger partial charge in [-0.15, -0.1) is 0 Å². The number of benzene rings is 2. The van der Waals surface area contributed by atoms with E-state index in [4.69, 9.17) is 11.6 Å². The molecule has 0 spiro atoms. The van der Waals surface area contributed by atoms with Gasteiger partial charge in [0.1, 0.15) is 11.6 Å². The Bertz CT molecular complexity index is 692. The molecule has 2 aromatic rings. The summed E-state index contributed by atoms with van der Waals surface area (Å²) in [5.41, 5.74) is 0.535. The van der Waals surface area contributed by atoms with Crippen LogP contribution in [-0.2, 0) is 0 Å². The van der Waals surface area contributed by atoms with E-state index in [9.17, 15) is 18.0 Å². The number of ether oxygens (including phenoxy) is 1. The number of hydrogen-bond acceptors (Lipinski definition) is 2. The normalized spacial score (nSPS) is 12.1. The minimum atomic E-state index is -2.90. The van der Waals surface area contributed by atoms with E-state index in [2.05, 4.69) is 10.1 Å². The van der Waals surface area contributed by atoms with Crippen molar-refractivity contribution in [3.8, 4) is 5.75 Å². The average Bonchev–Trinajstić information content (AvgIpc) is 2.47. The smallest absolute Gasteiger partial charge is 0.387 e. The SMILES string of the molecule is CC(NC(=O)c1ccc(Cl)cc1F)c1ccc(OC(F)F)cc1. The summed E-state index contributed by atoms with van der Waals surface area (Å²) in [7, 11) is 0. The van der Waals surface area contributed by atoms with Gasteiger partial charge in [-0.1, -0.05) is 23.7 Å². The van der Waals surface area contributed by atoms with E-state index in [1.807, 2.05) is 0 Å². The van der Waals surface area contributed by atoms with Crippen molar-refractivity contribution < 1.29 is 22.7 Å². The number of amides is 1. The standard InChI is InChI=1S/C16H13ClF3NO2/c1-9(10-2-5-12(6-3-10)23-16(19)20)21-15(22)13-7-4-11(17)8-14(13)18/h2-9,16H,1H3,(H,21,22). The number of alkyl halides is 2. The number of carbonyl (C=O) groups is 1. The summed E-state index contributed by atoms with van der Waals surface area (Å²) < 4.78 is 42.1. The van der Waals surface area contributed by atoms with E-state index < -0.39 is 24.4 Å². The summed E-state index contributed by atoms with van der Waals surface area (Å²) >= 11 is 5.64. The van der Waals surface area contributed by atoms with E-state index in [1.165, 1.54) is 24.3 Å². The fourth-order valence-electron chi connectivity index (χ4n) is 1.97. The molecule has 23 heavy (non-hydrogen) atoms. The molecule has 1 N–H and O–H groups in total. The number of halogens is 4. The van der Waals surface area contributed by atoms with Gasteiger partial charge >= 0.3 is 6.61 Å². The van der Waals surface area contributed by atoms with Crippen molar-refractivity contribution >= 4 is 17.5 Å². The molecule has 2 aromatic carbocycles. The predicted molar refractivity (Wildman–Crippen MR) is 80.4 cm³/mol. The Morgan fingerprint density at radius 2 is 1.83 bits per heavy atom. The van der Waals surface area contributed by atoms with Crippen molar-refractivity contribution in [2.75, 3.05) is 0 Å². The fourth-order valence-corrected chi connectivity index (χ4v) is 2.13. The third-order valence-corrected chi connectivity index (χ3v) is 3.36. The zero-order valence-corrected chi connectivity index (χ0v) is 12.8. The minimum absolute atomic E-state index is 0.0195. The first kappa shape index (κ1) is 17.1. The van der Waals surface area contributed by atoms with Gasteiger partial charge in [0.2, 0.25) is 0 Å². The highest BCUT2D eigenvalue weighted by molar-refractivity contribution is 6.30. The van der Waals surface area contributed by atoms with Crippen LogP contribution in [0.2, 0.25) is 5.02 Å². The predicted octanol–water partition coefficient (Wildman–Crippen LogP) is 4.57. The van der Waals surface area contributed by atoms with Crippen LogP contribution in [0.4, 0.5) is 13.2 Å². The van der Waals surface area contributed by atoms with Crippen molar-refractivity contribution in [3.63, 3.8) is 0 Å². The van der Waals surface area contributed by atoms with Crippen molar-refractivity contribution in [2.24, 2.45) is 0 Å². The molecule has 2 rings (SSSR count). The summed E-state index contributed by atoms with van der Waals surface area (Å²) in [6.45, 7) is -1.21. The van der Waals surface area contributed by atoms with Crippen LogP contribution in [0.15, 0.2) is 42.5 Å². The molecule has 0 bridgehead atoms. The summed E-state index contributed by atoms with van der Waals surface area (Å²) in [6, 6.07) is 9.14. The Balaban J connectivity index is 2.06. The average molecular weight is 344 g/mol. The van der Waals surface area contributed by atoms with Gasteiger partial charge in [-0.3, -0.25) is 4.79 Å². The van der Waals surface area contributed by atoms with Gasteiger partial charge in [-0.05, 0) is 42.8 Å². The van der Waals surface area contributed by atoms with E-state index in [-0.39, 0.29) is 16.3 Å². The Hall–Kier alpha value is -2.21. The lowest BCUT2D eigenvalue weighted by atomic mass is 10.1. The van der Waals surface area contributed by atoms with Crippen molar-refractivity contribution in [1.29, 1.82) is 0 Å². The molecule has 0 aliphatic rings. The van der Waals surface area contributed by atoms with E-state index in [0.717, 1.165) is 6.07 Å². The molecule has 1 unspecified atom stereocenters. The highest BCUT2D eigenvalue weighted by Crippen LogP contribution is 2.20. The largest absolute Gasteiger partial charge is 0.435 e. The van der Waals surface area contributed by atoms with E-state index in [1.54, 1.807) is 19.1 Å². The topological polar surface area (TPSA) is 38.3 Å². The summed E-state index contributed by atoms with van der Waals surface area (Å²) in [5, 5.41) is 2.82. The van der Waals surface area contributed by atoms with Crippen LogP contribution in [0.5, 0.6) is 5.75 Å². The molecule has 0 aromatic heterocycles. The van der Waals surface area contributed by atoms with E-state index >= 15 is 0 Å². The highest BCUT2D eigenvalue weighted by Gasteiger charge is 2.15. The molecule has 0 aliphatic heterocycles. The second-order valence-corrected chi connectivity index (χ2v) is 5.20. The van der Waals surface area contributed by atoms with E-state index in [0.29, 0.717) is 5.56 Å². The van der Waals surface area contributed by atoms with Gasteiger partial charge in [0.25, 0.3) is 5.91 Å². The monoisotopic (exact) mass is 343 g/mol. The van der Waals surface area contributed by atoms with Gasteiger partial charge in [0, 0.05) is 5.02 Å². The zero-order valence-electron chi connectivity index (χ0n) is 12.0. The fraction of sp³-hybridized carbons (Fsp3) is 0.188. The van der Waals surface area contributed by atoms with Crippen molar-refractivity contribution in [1.82, 2.24) is 5.32 Å². The van der Waals surface area contributed by atoms with Crippen LogP contribution >= 0.6 is 11.6 Å². The van der Waals surface area contributed by atoms with Gasteiger partial charge in [0.05, 0.1) is 11.6 Å². The van der Waals surface area contributed by atoms with Crippen molar-refractivity contribution in [3.05, 3.63) is 64.4 Å². The van der Waals surface area contributed by atoms with Crippen LogP contribution in [0.25, 0.3) is 0 Å². The lowest BCUT2D eigenvalue weighted by molar-refractivity contribution is -0.0498. The Morgan fingerprint density at radius 3 is 2.39 bits per heavy atom. The zero-order chi connectivity index (χ0) is 17.0. The van der Waals surface area contributed by atoms with Gasteiger partial charge in [0.15, 0.2) is 0 Å². The number of carbonyl (C=O) groups excluding carboxylic acids is 1. The van der Waals surface area contributed by atoms with Gasteiger partial charge < -0.3 is 10.1 Å². The Labute approximate surface area is 136 Å². The summed E-state index contributed by atoms with van der Waals surface area (Å²) in [4.78, 5) is 12.1. The lowest BCUT2D eigenvalue weighted by Crippen LogP contribution is -2.27. The first-order valence-electron chi connectivity index (χ1n) is 6.67. The van der Waals surface area contributed by atoms with Gasteiger partial charge in [-0.2, -0.15) is 8.78 Å². The summed E-state index contributed by atoms with van der Waals surface area (Å²) in [5.74, 6) is -1.30. The molecule has 0 radical (unpaired) electrons. The molecule has 0 fully saturated rings. The molecule has 0 heterocycles. The molecule has 7 heteroatoms. The first-order chi connectivity index (χ1) is 10.9. The first-order valence-corrected chi connectivity index (χ1v) is 7.05. The molecule has 1 amide bonds. The number of nitrogens with one attached hydrogen (secondary N) is 1. The third-order valence-electron chi connectivity index (χ3n) is 3.13. The highest BCUT2D eigenvalue weighted by atomic mass is 35.5. The van der Waals surface area contributed by atoms with Crippen LogP contribution in [-0.4, -0.2) is 12.5 Å². The molecule has 1 atom stereocenters. The number of rotatable bonds is 5. The van der Waals surface area contributed by atoms with Crippen LogP contribution in [0.1, 0.15) is 28.9 Å². The quantitative estimate of drug-likeness (QED) is 0.863. The van der Waals surface area contributed by atoms with Crippen LogP contribution in [0, 0.1) is 5.82 Å². The van der Waals surface area contributed by atoms with Crippen molar-refractivity contribution in [2.45, 2.75) is 19.6 Å². The maximum absolute atomic E-state index is 13.7. The molecule has 0 aliphatic carbocycles. The second kappa shape index (κ2) is 7.37.